The second-order valence-electron chi connectivity index (χ2n) is 3.27. The quantitative estimate of drug-likeness (QED) is 0.547. The van der Waals surface area contributed by atoms with Gasteiger partial charge in [-0.15, -0.1) is 0 Å². The Balaban J connectivity index is 0. The molecule has 0 aromatic carbocycles. The van der Waals surface area contributed by atoms with Crippen molar-refractivity contribution in [2.45, 2.75) is 58.3 Å². The summed E-state index contributed by atoms with van der Waals surface area (Å²) in [5.41, 5.74) is 0. The van der Waals surface area contributed by atoms with E-state index in [0.717, 1.165) is 12.8 Å². The molecule has 0 saturated carbocycles. The maximum atomic E-state index is 10.1. The monoisotopic (exact) mass is 278 g/mol. The van der Waals surface area contributed by atoms with Crippen molar-refractivity contribution in [2.75, 3.05) is 0 Å². The number of carboxylic acid groups (broad SMARTS) is 1. The van der Waals surface area contributed by atoms with E-state index in [4.69, 9.17) is 5.11 Å². The van der Waals surface area contributed by atoms with Crippen LogP contribution in [0.2, 0.25) is 0 Å². The predicted molar refractivity (Wildman–Crippen MR) is 50.2 cm³/mol. The Morgan fingerprint density at radius 1 is 1.00 bits per heavy atom. The summed E-state index contributed by atoms with van der Waals surface area (Å²) in [6, 6.07) is 0. The van der Waals surface area contributed by atoms with Gasteiger partial charge in [0, 0.05) is 26.8 Å². The number of hydrogen-bond donors (Lipinski definition) is 1. The van der Waals surface area contributed by atoms with Crippen LogP contribution < -0.4 is 0 Å². The van der Waals surface area contributed by atoms with Gasteiger partial charge in [-0.1, -0.05) is 45.4 Å². The van der Waals surface area contributed by atoms with E-state index < -0.39 is 5.97 Å². The molecule has 0 aliphatic carbocycles. The predicted octanol–water partition coefficient (Wildman–Crippen LogP) is 3.21. The van der Waals surface area contributed by atoms with Gasteiger partial charge in [0.1, 0.15) is 0 Å². The van der Waals surface area contributed by atoms with Crippen LogP contribution in [0, 0.1) is 0 Å². The molecule has 13 heavy (non-hydrogen) atoms. The first-order valence-corrected chi connectivity index (χ1v) is 4.99. The first-order valence-electron chi connectivity index (χ1n) is 4.99. The standard InChI is InChI=1S/C10H20O2.Pd/c1-2-3-4-5-6-7-8-9-10(11)12;/h2-9H2,1H3,(H,11,12);. The largest absolute Gasteiger partial charge is 0.481 e. The van der Waals surface area contributed by atoms with Crippen molar-refractivity contribution in [2.24, 2.45) is 0 Å². The zero-order chi connectivity index (χ0) is 9.23. The third kappa shape index (κ3) is 14.9. The minimum Gasteiger partial charge on any atom is -0.481 e. The van der Waals surface area contributed by atoms with Gasteiger partial charge in [-0.05, 0) is 6.42 Å². The topological polar surface area (TPSA) is 37.3 Å². The third-order valence-electron chi connectivity index (χ3n) is 1.99. The van der Waals surface area contributed by atoms with Gasteiger partial charge in [0.2, 0.25) is 0 Å². The number of unbranched alkanes of at least 4 members (excludes halogenated alkanes) is 6. The Labute approximate surface area is 94.8 Å². The first kappa shape index (κ1) is 15.6. The number of aliphatic carboxylic acids is 1. The smallest absolute Gasteiger partial charge is 0.303 e. The van der Waals surface area contributed by atoms with Gasteiger partial charge in [0.05, 0.1) is 0 Å². The maximum absolute atomic E-state index is 10.1. The Kier molecular flexibility index (Phi) is 14.6. The van der Waals surface area contributed by atoms with Gasteiger partial charge >= 0.3 is 5.97 Å². The molecule has 0 unspecified atom stereocenters. The SMILES string of the molecule is CCCCCCCCCC(=O)O.[Pd]. The van der Waals surface area contributed by atoms with E-state index in [1.165, 1.54) is 32.1 Å². The van der Waals surface area contributed by atoms with E-state index in [0.29, 0.717) is 6.42 Å². The molecule has 0 radical (unpaired) electrons. The van der Waals surface area contributed by atoms with E-state index in [2.05, 4.69) is 6.92 Å². The first-order chi connectivity index (χ1) is 5.77. The van der Waals surface area contributed by atoms with Gasteiger partial charge in [0.25, 0.3) is 0 Å². The molecule has 2 nitrogen and oxygen atoms in total. The van der Waals surface area contributed by atoms with Crippen molar-refractivity contribution in [3.63, 3.8) is 0 Å². The Morgan fingerprint density at radius 2 is 1.46 bits per heavy atom. The van der Waals surface area contributed by atoms with Crippen molar-refractivity contribution in [3.05, 3.63) is 0 Å². The Bertz CT molecular complexity index is 115. The van der Waals surface area contributed by atoms with Crippen molar-refractivity contribution in [3.8, 4) is 0 Å². The summed E-state index contributed by atoms with van der Waals surface area (Å²) in [6.07, 6.45) is 8.64. The Morgan fingerprint density at radius 3 is 1.92 bits per heavy atom. The molecule has 82 valence electrons. The van der Waals surface area contributed by atoms with Crippen LogP contribution in [-0.2, 0) is 25.2 Å². The van der Waals surface area contributed by atoms with Gasteiger partial charge < -0.3 is 5.11 Å². The summed E-state index contributed by atoms with van der Waals surface area (Å²) in [4.78, 5) is 10.1. The maximum Gasteiger partial charge on any atom is 0.303 e. The molecule has 3 heteroatoms. The molecular weight excluding hydrogens is 259 g/mol. The van der Waals surface area contributed by atoms with Crippen LogP contribution in [0.25, 0.3) is 0 Å². The summed E-state index contributed by atoms with van der Waals surface area (Å²) in [6.45, 7) is 2.20. The van der Waals surface area contributed by atoms with Gasteiger partial charge in [-0.3, -0.25) is 4.79 Å². The van der Waals surface area contributed by atoms with Crippen LogP contribution in [0.4, 0.5) is 0 Å². The molecule has 1 N–H and O–H groups in total. The van der Waals surface area contributed by atoms with Gasteiger partial charge in [0.15, 0.2) is 0 Å². The summed E-state index contributed by atoms with van der Waals surface area (Å²) in [5.74, 6) is -0.663. The molecule has 0 fully saturated rings. The van der Waals surface area contributed by atoms with Crippen LogP contribution in [0.5, 0.6) is 0 Å². The molecular formula is C10H20O2Pd. The van der Waals surface area contributed by atoms with Crippen LogP contribution in [0.3, 0.4) is 0 Å². The second-order valence-corrected chi connectivity index (χ2v) is 3.27. The van der Waals surface area contributed by atoms with E-state index in [9.17, 15) is 4.79 Å². The molecule has 0 bridgehead atoms. The van der Waals surface area contributed by atoms with Crippen molar-refractivity contribution in [1.82, 2.24) is 0 Å². The summed E-state index contributed by atoms with van der Waals surface area (Å²) in [5, 5.41) is 8.35. The molecule has 0 atom stereocenters. The van der Waals surface area contributed by atoms with Crippen LogP contribution in [0.15, 0.2) is 0 Å². The molecule has 0 aromatic rings. The normalized spacial score (nSPS) is 9.31. The summed E-state index contributed by atoms with van der Waals surface area (Å²) in [7, 11) is 0. The van der Waals surface area contributed by atoms with E-state index in [-0.39, 0.29) is 20.4 Å². The average molecular weight is 279 g/mol. The molecule has 0 amide bonds. The van der Waals surface area contributed by atoms with Crippen molar-refractivity contribution >= 4 is 5.97 Å². The summed E-state index contributed by atoms with van der Waals surface area (Å²) < 4.78 is 0. The van der Waals surface area contributed by atoms with E-state index in [1.807, 2.05) is 0 Å². The number of rotatable bonds is 8. The molecule has 0 spiro atoms. The van der Waals surface area contributed by atoms with E-state index >= 15 is 0 Å². The summed E-state index contributed by atoms with van der Waals surface area (Å²) >= 11 is 0. The third-order valence-corrected chi connectivity index (χ3v) is 1.99. The van der Waals surface area contributed by atoms with E-state index in [1.54, 1.807) is 0 Å². The van der Waals surface area contributed by atoms with Crippen LogP contribution in [-0.4, -0.2) is 11.1 Å². The minimum absolute atomic E-state index is 0. The fraction of sp³-hybridized carbons (Fsp3) is 0.900. The van der Waals surface area contributed by atoms with Gasteiger partial charge in [-0.25, -0.2) is 0 Å². The molecule has 0 aliphatic heterocycles. The fourth-order valence-corrected chi connectivity index (χ4v) is 1.23. The molecule has 0 heterocycles. The zero-order valence-electron chi connectivity index (χ0n) is 8.33. The number of carboxylic acids is 1. The average Bonchev–Trinajstić information content (AvgIpc) is 2.02. The van der Waals surface area contributed by atoms with Crippen LogP contribution >= 0.6 is 0 Å². The minimum atomic E-state index is -0.663. The molecule has 0 aromatic heterocycles. The van der Waals surface area contributed by atoms with Crippen molar-refractivity contribution < 1.29 is 30.3 Å². The molecule has 0 aliphatic rings. The Hall–Kier alpha value is 0.132. The zero-order valence-corrected chi connectivity index (χ0v) is 9.88. The second kappa shape index (κ2) is 12.1. The van der Waals surface area contributed by atoms with Gasteiger partial charge in [-0.2, -0.15) is 0 Å². The van der Waals surface area contributed by atoms with Crippen molar-refractivity contribution in [1.29, 1.82) is 0 Å². The molecule has 0 saturated heterocycles. The number of carbonyl (C=O) groups is 1. The molecule has 0 rings (SSSR count). The fourth-order valence-electron chi connectivity index (χ4n) is 1.23. The number of hydrogen-bond acceptors (Lipinski definition) is 1. The van der Waals surface area contributed by atoms with Crippen LogP contribution in [0.1, 0.15) is 58.3 Å².